The Morgan fingerprint density at radius 2 is 2.03 bits per heavy atom. The first-order valence-electron chi connectivity index (χ1n) is 12.1. The van der Waals surface area contributed by atoms with E-state index in [1.165, 1.54) is 17.7 Å². The minimum absolute atomic E-state index is 0.0884. The van der Waals surface area contributed by atoms with E-state index in [9.17, 15) is 4.79 Å². The second-order valence-corrected chi connectivity index (χ2v) is 11.8. The smallest absolute Gasteiger partial charge is 0.410 e. The number of ether oxygens (including phenoxy) is 2. The summed E-state index contributed by atoms with van der Waals surface area (Å²) in [5, 5.41) is 8.43. The molecule has 0 aromatic carbocycles. The van der Waals surface area contributed by atoms with E-state index in [2.05, 4.69) is 32.3 Å². The molecule has 1 aromatic rings. The van der Waals surface area contributed by atoms with Crippen LogP contribution in [0.15, 0.2) is 6.20 Å². The summed E-state index contributed by atoms with van der Waals surface area (Å²) in [6, 6.07) is 0.170. The third-order valence-electron chi connectivity index (χ3n) is 6.81. The van der Waals surface area contributed by atoms with Gasteiger partial charge in [0.25, 0.3) is 0 Å². The van der Waals surface area contributed by atoms with Gasteiger partial charge < -0.3 is 19.7 Å². The molecule has 3 rings (SSSR count). The second kappa shape index (κ2) is 9.34. The summed E-state index contributed by atoms with van der Waals surface area (Å²) in [6.45, 7) is 14.6. The zero-order valence-corrected chi connectivity index (χ0v) is 21.5. The van der Waals surface area contributed by atoms with Crippen LogP contribution in [0.4, 0.5) is 4.79 Å². The maximum absolute atomic E-state index is 12.2. The van der Waals surface area contributed by atoms with Gasteiger partial charge in [0.05, 0.1) is 17.9 Å². The highest BCUT2D eigenvalue weighted by atomic mass is 16.6. The van der Waals surface area contributed by atoms with Crippen molar-refractivity contribution in [2.24, 2.45) is 12.5 Å². The van der Waals surface area contributed by atoms with E-state index in [1.54, 1.807) is 11.9 Å². The number of likely N-dealkylation sites (N-methyl/N-ethyl adjacent to an activating group) is 1. The molecule has 32 heavy (non-hydrogen) atoms. The molecule has 2 heterocycles. The summed E-state index contributed by atoms with van der Waals surface area (Å²) < 4.78 is 13.7. The summed E-state index contributed by atoms with van der Waals surface area (Å²) in [4.78, 5) is 13.8. The van der Waals surface area contributed by atoms with Gasteiger partial charge in [0.15, 0.2) is 0 Å². The van der Waals surface area contributed by atoms with Crippen molar-refractivity contribution in [3.8, 4) is 0 Å². The highest BCUT2D eigenvalue weighted by Gasteiger charge is 2.46. The largest absolute Gasteiger partial charge is 0.444 e. The van der Waals surface area contributed by atoms with Crippen LogP contribution in [-0.2, 0) is 16.5 Å². The zero-order chi connectivity index (χ0) is 23.7. The first-order valence-corrected chi connectivity index (χ1v) is 12.1. The van der Waals surface area contributed by atoms with E-state index < -0.39 is 5.60 Å². The van der Waals surface area contributed by atoms with Crippen LogP contribution in [0.3, 0.4) is 0 Å². The van der Waals surface area contributed by atoms with Crippen molar-refractivity contribution in [2.45, 2.75) is 96.8 Å². The monoisotopic (exact) mass is 448 g/mol. The van der Waals surface area contributed by atoms with E-state index in [4.69, 9.17) is 14.6 Å². The Labute approximate surface area is 194 Å². The summed E-state index contributed by atoms with van der Waals surface area (Å²) in [7, 11) is 3.78. The number of hydrogen-bond acceptors (Lipinski definition) is 5. The van der Waals surface area contributed by atoms with Gasteiger partial charge in [-0.3, -0.25) is 4.68 Å². The molecule has 0 radical (unpaired) electrons. The Morgan fingerprint density at radius 1 is 1.38 bits per heavy atom. The Bertz CT molecular complexity index is 788. The van der Waals surface area contributed by atoms with E-state index in [1.807, 2.05) is 32.5 Å². The maximum Gasteiger partial charge on any atom is 0.410 e. The summed E-state index contributed by atoms with van der Waals surface area (Å²) in [5.74, 6) is 0.484. The Morgan fingerprint density at radius 3 is 2.59 bits per heavy atom. The number of carbonyl (C=O) groups excluding carboxylic acids is 1. The molecular formula is C25H44N4O3. The Kier molecular flexibility index (Phi) is 7.30. The van der Waals surface area contributed by atoms with Crippen molar-refractivity contribution in [2.75, 3.05) is 26.7 Å². The number of rotatable bonds is 6. The minimum Gasteiger partial charge on any atom is -0.444 e. The summed E-state index contributed by atoms with van der Waals surface area (Å²) in [5.41, 5.74) is 2.40. The molecule has 1 unspecified atom stereocenters. The minimum atomic E-state index is -0.478. The van der Waals surface area contributed by atoms with Crippen molar-refractivity contribution in [3.05, 3.63) is 17.5 Å². The fraction of sp³-hybridized carbons (Fsp3) is 0.840. The molecule has 1 N–H and O–H groups in total. The quantitative estimate of drug-likeness (QED) is 0.678. The lowest BCUT2D eigenvalue weighted by Gasteiger charge is -2.37. The molecule has 1 amide bonds. The number of aryl methyl sites for hydroxylation is 1. The second-order valence-electron chi connectivity index (χ2n) is 11.8. The highest BCUT2D eigenvalue weighted by molar-refractivity contribution is 5.67. The molecular weight excluding hydrogens is 404 g/mol. The van der Waals surface area contributed by atoms with E-state index in [-0.39, 0.29) is 17.7 Å². The third kappa shape index (κ3) is 6.25. The zero-order valence-electron chi connectivity index (χ0n) is 21.5. The van der Waals surface area contributed by atoms with Crippen molar-refractivity contribution in [1.82, 2.24) is 20.0 Å². The van der Waals surface area contributed by atoms with Gasteiger partial charge in [0, 0.05) is 50.9 Å². The molecule has 0 bridgehead atoms. The molecule has 1 spiro atoms. The first-order chi connectivity index (χ1) is 14.8. The van der Waals surface area contributed by atoms with E-state index in [0.717, 1.165) is 32.3 Å². The molecule has 1 atom stereocenters. The van der Waals surface area contributed by atoms with Crippen molar-refractivity contribution in [3.63, 3.8) is 0 Å². The average molecular weight is 449 g/mol. The molecule has 7 nitrogen and oxygen atoms in total. The van der Waals surface area contributed by atoms with Crippen LogP contribution in [0.2, 0.25) is 0 Å². The van der Waals surface area contributed by atoms with E-state index in [0.29, 0.717) is 24.4 Å². The number of carbonyl (C=O) groups is 1. The number of nitrogens with one attached hydrogen (secondary N) is 1. The number of nitrogens with zero attached hydrogens (tertiary/aromatic N) is 3. The van der Waals surface area contributed by atoms with Crippen LogP contribution < -0.4 is 5.32 Å². The molecule has 1 aromatic heterocycles. The maximum atomic E-state index is 12.2. The third-order valence-corrected chi connectivity index (χ3v) is 6.81. The predicted molar refractivity (Wildman–Crippen MR) is 127 cm³/mol. The Hall–Kier alpha value is -1.60. The molecule has 1 aliphatic heterocycles. The molecule has 182 valence electrons. The van der Waals surface area contributed by atoms with Crippen LogP contribution in [0.5, 0.6) is 0 Å². The van der Waals surface area contributed by atoms with Gasteiger partial charge in [-0.05, 0) is 65.2 Å². The van der Waals surface area contributed by atoms with Crippen molar-refractivity contribution >= 4 is 6.09 Å². The van der Waals surface area contributed by atoms with Gasteiger partial charge in [-0.15, -0.1) is 0 Å². The van der Waals surface area contributed by atoms with Gasteiger partial charge in [-0.25, -0.2) is 4.79 Å². The lowest BCUT2D eigenvalue weighted by molar-refractivity contribution is -0.0296. The Balaban J connectivity index is 1.54. The predicted octanol–water partition coefficient (Wildman–Crippen LogP) is 4.78. The van der Waals surface area contributed by atoms with Crippen LogP contribution in [0.25, 0.3) is 0 Å². The topological polar surface area (TPSA) is 68.6 Å². The fourth-order valence-electron chi connectivity index (χ4n) is 5.23. The van der Waals surface area contributed by atoms with Crippen LogP contribution in [0, 0.1) is 5.41 Å². The molecule has 2 aliphatic rings. The molecule has 1 saturated heterocycles. The van der Waals surface area contributed by atoms with Crippen molar-refractivity contribution in [1.29, 1.82) is 0 Å². The van der Waals surface area contributed by atoms with Crippen LogP contribution >= 0.6 is 0 Å². The van der Waals surface area contributed by atoms with Crippen LogP contribution in [-0.4, -0.2) is 58.7 Å². The van der Waals surface area contributed by atoms with Gasteiger partial charge in [-0.1, -0.05) is 13.8 Å². The number of hydrogen-bond donors (Lipinski definition) is 1. The fourth-order valence-corrected chi connectivity index (χ4v) is 5.23. The number of amides is 1. The first kappa shape index (κ1) is 25.0. The summed E-state index contributed by atoms with van der Waals surface area (Å²) >= 11 is 0. The average Bonchev–Trinajstić information content (AvgIpc) is 3.20. The highest BCUT2D eigenvalue weighted by Crippen LogP contribution is 2.50. The molecule has 2 fully saturated rings. The normalized spacial score (nSPS) is 26.3. The van der Waals surface area contributed by atoms with Gasteiger partial charge in [-0.2, -0.15) is 5.10 Å². The van der Waals surface area contributed by atoms with Crippen molar-refractivity contribution < 1.29 is 14.3 Å². The molecule has 7 heteroatoms. The van der Waals surface area contributed by atoms with Gasteiger partial charge in [0.1, 0.15) is 5.60 Å². The van der Waals surface area contributed by atoms with Crippen LogP contribution in [0.1, 0.15) is 96.9 Å². The SMILES string of the molecule is CC(NCCN(C)C(=O)OC(C)(C)C)c1cn(C)nc1C1CCC2(CC1)CC(C)(C)CO2. The standard InChI is InChI=1S/C25H44N4O3/c1-18(26-13-14-28(7)22(30)32-23(2,3)4)20-15-29(8)27-21(20)19-9-11-25(12-10-19)16-24(5,6)17-31-25/h15,18-19,26H,9-14,16-17H2,1-8H3. The van der Waals surface area contributed by atoms with Gasteiger partial charge >= 0.3 is 6.09 Å². The van der Waals surface area contributed by atoms with E-state index >= 15 is 0 Å². The number of aromatic nitrogens is 2. The lowest BCUT2D eigenvalue weighted by Crippen LogP contribution is -2.38. The molecule has 1 saturated carbocycles. The van der Waals surface area contributed by atoms with Gasteiger partial charge in [0.2, 0.25) is 0 Å². The lowest BCUT2D eigenvalue weighted by atomic mass is 9.72. The summed E-state index contributed by atoms with van der Waals surface area (Å²) in [6.07, 6.45) is 7.54. The molecule has 1 aliphatic carbocycles.